The molecule has 31 heavy (non-hydrogen) atoms. The number of benzene rings is 2. The standard InChI is InChI=1S/C25H24N4OS/c1-17-22(19-9-3-2-4-10-19)23-24(27-16-28-25(23)31-17)26-14-13-21(30)29-15-7-11-18-8-5-6-12-20(18)29/h2-6,8-10,12,16H,7,11,13-15H2,1H3,(H,26,27,28). The van der Waals surface area contributed by atoms with E-state index in [1.807, 2.05) is 41.3 Å². The molecule has 3 heterocycles. The smallest absolute Gasteiger partial charge is 0.228 e. The molecule has 6 heteroatoms. The summed E-state index contributed by atoms with van der Waals surface area (Å²) in [7, 11) is 0. The maximum atomic E-state index is 13.0. The van der Waals surface area contributed by atoms with Gasteiger partial charge in [0.25, 0.3) is 0 Å². The molecule has 0 aliphatic carbocycles. The molecule has 0 radical (unpaired) electrons. The topological polar surface area (TPSA) is 58.1 Å². The van der Waals surface area contributed by atoms with E-state index in [0.717, 1.165) is 46.7 Å². The third kappa shape index (κ3) is 3.79. The van der Waals surface area contributed by atoms with Crippen LogP contribution < -0.4 is 10.2 Å². The number of aryl methyl sites for hydroxylation is 2. The minimum absolute atomic E-state index is 0.148. The first-order valence-electron chi connectivity index (χ1n) is 10.6. The molecule has 1 amide bonds. The molecule has 2 aromatic heterocycles. The van der Waals surface area contributed by atoms with Gasteiger partial charge in [-0.3, -0.25) is 4.79 Å². The molecule has 1 aliphatic heterocycles. The lowest BCUT2D eigenvalue weighted by Crippen LogP contribution is -2.36. The lowest BCUT2D eigenvalue weighted by atomic mass is 10.0. The number of aromatic nitrogens is 2. The van der Waals surface area contributed by atoms with Gasteiger partial charge >= 0.3 is 0 Å². The number of thiophene rings is 1. The predicted octanol–water partition coefficient (Wildman–Crippen LogP) is 5.45. The Hall–Kier alpha value is -3.25. The summed E-state index contributed by atoms with van der Waals surface area (Å²) in [5, 5.41) is 4.45. The maximum Gasteiger partial charge on any atom is 0.228 e. The number of fused-ring (bicyclic) bond motifs is 2. The van der Waals surface area contributed by atoms with E-state index in [1.54, 1.807) is 17.7 Å². The number of hydrogen-bond acceptors (Lipinski definition) is 5. The molecule has 0 bridgehead atoms. The minimum atomic E-state index is 0.148. The molecular weight excluding hydrogens is 404 g/mol. The second kappa shape index (κ2) is 8.47. The fourth-order valence-electron chi connectivity index (χ4n) is 4.35. The Kier molecular flexibility index (Phi) is 5.38. The van der Waals surface area contributed by atoms with Crippen LogP contribution in [0.15, 0.2) is 60.9 Å². The molecule has 156 valence electrons. The molecule has 0 spiro atoms. The Balaban J connectivity index is 1.36. The number of hydrogen-bond donors (Lipinski definition) is 1. The van der Waals surface area contributed by atoms with Crippen LogP contribution in [0.1, 0.15) is 23.3 Å². The SMILES string of the molecule is Cc1sc2ncnc(NCCC(=O)N3CCCc4ccccc43)c2c1-c1ccccc1. The van der Waals surface area contributed by atoms with Crippen molar-refractivity contribution in [1.82, 2.24) is 9.97 Å². The van der Waals surface area contributed by atoms with E-state index in [1.165, 1.54) is 16.0 Å². The lowest BCUT2D eigenvalue weighted by molar-refractivity contribution is -0.118. The van der Waals surface area contributed by atoms with Crippen molar-refractivity contribution in [1.29, 1.82) is 0 Å². The Morgan fingerprint density at radius 3 is 2.77 bits per heavy atom. The molecule has 0 fully saturated rings. The lowest BCUT2D eigenvalue weighted by Gasteiger charge is -2.29. The fourth-order valence-corrected chi connectivity index (χ4v) is 5.36. The first-order valence-corrected chi connectivity index (χ1v) is 11.5. The third-order valence-corrected chi connectivity index (χ3v) is 6.78. The minimum Gasteiger partial charge on any atom is -0.369 e. The zero-order valence-electron chi connectivity index (χ0n) is 17.5. The highest BCUT2D eigenvalue weighted by Gasteiger charge is 2.22. The number of carbonyl (C=O) groups is 1. The quantitative estimate of drug-likeness (QED) is 0.459. The summed E-state index contributed by atoms with van der Waals surface area (Å²) in [6, 6.07) is 18.6. The number of nitrogens with zero attached hydrogens (tertiary/aromatic N) is 3. The number of rotatable bonds is 5. The molecular formula is C25H24N4OS. The summed E-state index contributed by atoms with van der Waals surface area (Å²) in [6.07, 6.45) is 4.07. The summed E-state index contributed by atoms with van der Waals surface area (Å²) in [6.45, 7) is 3.44. The van der Waals surface area contributed by atoms with Gasteiger partial charge in [0, 0.05) is 35.6 Å². The molecule has 0 saturated heterocycles. The van der Waals surface area contributed by atoms with Crippen LogP contribution in [-0.2, 0) is 11.2 Å². The van der Waals surface area contributed by atoms with Gasteiger partial charge in [0.2, 0.25) is 5.91 Å². The van der Waals surface area contributed by atoms with E-state index in [-0.39, 0.29) is 5.91 Å². The van der Waals surface area contributed by atoms with Gasteiger partial charge in [0.1, 0.15) is 17.0 Å². The van der Waals surface area contributed by atoms with Gasteiger partial charge in [-0.25, -0.2) is 9.97 Å². The van der Waals surface area contributed by atoms with E-state index in [2.05, 4.69) is 40.4 Å². The molecule has 1 aliphatic rings. The number of para-hydroxylation sites is 1. The molecule has 0 saturated carbocycles. The molecule has 5 rings (SSSR count). The summed E-state index contributed by atoms with van der Waals surface area (Å²) < 4.78 is 0. The zero-order valence-corrected chi connectivity index (χ0v) is 18.3. The van der Waals surface area contributed by atoms with Crippen LogP contribution in [0.5, 0.6) is 0 Å². The van der Waals surface area contributed by atoms with Crippen LogP contribution in [-0.4, -0.2) is 29.0 Å². The highest BCUT2D eigenvalue weighted by Crippen LogP contribution is 2.40. The van der Waals surface area contributed by atoms with Crippen molar-refractivity contribution in [3.05, 3.63) is 71.4 Å². The first-order chi connectivity index (χ1) is 15.2. The summed E-state index contributed by atoms with van der Waals surface area (Å²) in [4.78, 5) is 26.1. The fraction of sp³-hybridized carbons (Fsp3) is 0.240. The second-order valence-electron chi connectivity index (χ2n) is 7.76. The summed E-state index contributed by atoms with van der Waals surface area (Å²) in [5.41, 5.74) is 4.64. The first kappa shape index (κ1) is 19.7. The summed E-state index contributed by atoms with van der Waals surface area (Å²) >= 11 is 1.68. The molecule has 4 aromatic rings. The Morgan fingerprint density at radius 2 is 1.90 bits per heavy atom. The average Bonchev–Trinajstić information content (AvgIpc) is 3.15. The molecule has 5 nitrogen and oxygen atoms in total. The summed E-state index contributed by atoms with van der Waals surface area (Å²) in [5.74, 6) is 0.940. The van der Waals surface area contributed by atoms with Gasteiger partial charge < -0.3 is 10.2 Å². The molecule has 2 aromatic carbocycles. The highest BCUT2D eigenvalue weighted by molar-refractivity contribution is 7.19. The number of carbonyl (C=O) groups excluding carboxylic acids is 1. The Labute approximate surface area is 185 Å². The number of amides is 1. The van der Waals surface area contributed by atoms with Gasteiger partial charge in [-0.2, -0.15) is 0 Å². The average molecular weight is 429 g/mol. The van der Waals surface area contributed by atoms with Crippen LogP contribution in [0, 0.1) is 6.92 Å². The second-order valence-corrected chi connectivity index (χ2v) is 8.96. The van der Waals surface area contributed by atoms with Gasteiger partial charge in [-0.05, 0) is 37.0 Å². The van der Waals surface area contributed by atoms with E-state index in [4.69, 9.17) is 0 Å². The maximum absolute atomic E-state index is 13.0. The van der Waals surface area contributed by atoms with Crippen molar-refractivity contribution in [2.45, 2.75) is 26.2 Å². The van der Waals surface area contributed by atoms with Crippen molar-refractivity contribution in [3.8, 4) is 11.1 Å². The monoisotopic (exact) mass is 428 g/mol. The Bertz CT molecular complexity index is 1230. The number of anilines is 2. The van der Waals surface area contributed by atoms with E-state index >= 15 is 0 Å². The Morgan fingerprint density at radius 1 is 1.10 bits per heavy atom. The predicted molar refractivity (Wildman–Crippen MR) is 128 cm³/mol. The van der Waals surface area contributed by atoms with Crippen LogP contribution in [0.3, 0.4) is 0 Å². The van der Waals surface area contributed by atoms with Gasteiger partial charge in [0.15, 0.2) is 0 Å². The third-order valence-electron chi connectivity index (χ3n) is 5.77. The van der Waals surface area contributed by atoms with E-state index in [9.17, 15) is 4.79 Å². The van der Waals surface area contributed by atoms with Crippen molar-refractivity contribution in [2.24, 2.45) is 0 Å². The van der Waals surface area contributed by atoms with E-state index < -0.39 is 0 Å². The largest absolute Gasteiger partial charge is 0.369 e. The molecule has 0 unspecified atom stereocenters. The van der Waals surface area contributed by atoms with Crippen LogP contribution in [0.2, 0.25) is 0 Å². The van der Waals surface area contributed by atoms with Crippen molar-refractivity contribution in [2.75, 3.05) is 23.3 Å². The normalized spacial score (nSPS) is 13.3. The highest BCUT2D eigenvalue weighted by atomic mass is 32.1. The van der Waals surface area contributed by atoms with Crippen molar-refractivity contribution in [3.63, 3.8) is 0 Å². The van der Waals surface area contributed by atoms with Crippen molar-refractivity contribution < 1.29 is 4.79 Å². The van der Waals surface area contributed by atoms with Gasteiger partial charge in [-0.15, -0.1) is 11.3 Å². The van der Waals surface area contributed by atoms with Crippen LogP contribution in [0.4, 0.5) is 11.5 Å². The number of nitrogens with one attached hydrogen (secondary N) is 1. The molecule has 0 atom stereocenters. The molecule has 1 N–H and O–H groups in total. The van der Waals surface area contributed by atoms with Gasteiger partial charge in [-0.1, -0.05) is 48.5 Å². The van der Waals surface area contributed by atoms with E-state index in [0.29, 0.717) is 13.0 Å². The van der Waals surface area contributed by atoms with Crippen LogP contribution in [0.25, 0.3) is 21.3 Å². The zero-order chi connectivity index (χ0) is 21.2. The van der Waals surface area contributed by atoms with Crippen LogP contribution >= 0.6 is 11.3 Å². The van der Waals surface area contributed by atoms with Crippen molar-refractivity contribution >= 4 is 39.0 Å². The van der Waals surface area contributed by atoms with Gasteiger partial charge in [0.05, 0.1) is 5.39 Å².